The fourth-order valence-corrected chi connectivity index (χ4v) is 5.97. The largest absolute Gasteiger partial charge is 0.390 e. The second kappa shape index (κ2) is 9.79. The molecule has 1 atom stereocenters. The van der Waals surface area contributed by atoms with Crippen LogP contribution in [0.1, 0.15) is 93.3 Å². The number of aliphatic hydroxyl groups excluding tert-OH is 1. The maximum atomic E-state index is 13.3. The fraction of sp³-hybridized carbons (Fsp3) is 0.522. The highest BCUT2D eigenvalue weighted by molar-refractivity contribution is 7.93. The lowest BCUT2D eigenvalue weighted by Crippen LogP contribution is -2.17. The second-order valence-corrected chi connectivity index (χ2v) is 12.4. The molecule has 9 heteroatoms. The molecule has 174 valence electrons. The smallest absolute Gasteiger partial charge is 0.259 e. The minimum Gasteiger partial charge on any atom is -0.390 e. The Morgan fingerprint density at radius 1 is 1.25 bits per heavy atom. The van der Waals surface area contributed by atoms with Gasteiger partial charge >= 0.3 is 0 Å². The number of amides is 1. The summed E-state index contributed by atoms with van der Waals surface area (Å²) >= 11 is 1.11. The Morgan fingerprint density at radius 3 is 2.19 bits per heavy atom. The van der Waals surface area contributed by atoms with Crippen LogP contribution in [-0.4, -0.2) is 20.2 Å². The van der Waals surface area contributed by atoms with Gasteiger partial charge in [-0.05, 0) is 40.7 Å². The van der Waals surface area contributed by atoms with Crippen molar-refractivity contribution in [2.75, 3.05) is 0 Å². The Hall–Kier alpha value is -2.12. The number of benzene rings is 1. The van der Waals surface area contributed by atoms with Crippen molar-refractivity contribution in [3.05, 3.63) is 45.1 Å². The van der Waals surface area contributed by atoms with E-state index in [0.717, 1.165) is 28.0 Å². The van der Waals surface area contributed by atoms with Gasteiger partial charge in [0.25, 0.3) is 5.91 Å². The van der Waals surface area contributed by atoms with Gasteiger partial charge in [-0.2, -0.15) is 5.26 Å². The van der Waals surface area contributed by atoms with Crippen molar-refractivity contribution in [3.63, 3.8) is 0 Å². The van der Waals surface area contributed by atoms with Gasteiger partial charge in [-0.3, -0.25) is 4.79 Å². The molecule has 2 rings (SSSR count). The lowest BCUT2D eigenvalue weighted by molar-refractivity contribution is -0.117. The first kappa shape index (κ1) is 26.1. The summed E-state index contributed by atoms with van der Waals surface area (Å²) in [5, 5.41) is 25.8. The first-order chi connectivity index (χ1) is 14.7. The third-order valence-electron chi connectivity index (χ3n) is 4.98. The maximum Gasteiger partial charge on any atom is 0.259 e. The van der Waals surface area contributed by atoms with Crippen LogP contribution in [0.3, 0.4) is 0 Å². The molecule has 1 heterocycles. The molecule has 0 aliphatic heterocycles. The van der Waals surface area contributed by atoms with Crippen molar-refractivity contribution in [2.45, 2.75) is 83.0 Å². The lowest BCUT2D eigenvalue weighted by atomic mass is 9.85. The number of rotatable bonds is 6. The minimum atomic E-state index is -3.57. The molecule has 0 fully saturated rings. The number of nitrogens with zero attached hydrogens (tertiary/aromatic N) is 3. The monoisotopic (exact) mass is 476 g/mol. The summed E-state index contributed by atoms with van der Waals surface area (Å²) in [7, 11) is -3.57. The average Bonchev–Trinajstić information content (AvgIpc) is 3.13. The van der Waals surface area contributed by atoms with E-state index in [0.29, 0.717) is 10.6 Å². The predicted octanol–water partition coefficient (Wildman–Crippen LogP) is 4.52. The van der Waals surface area contributed by atoms with Crippen LogP contribution < -0.4 is 5.14 Å². The number of aliphatic hydroxyl groups is 1. The summed E-state index contributed by atoms with van der Waals surface area (Å²) in [6, 6.07) is 5.77. The molecule has 3 N–H and O–H groups in total. The van der Waals surface area contributed by atoms with Gasteiger partial charge in [-0.1, -0.05) is 48.5 Å². The summed E-state index contributed by atoms with van der Waals surface area (Å²) in [6.45, 7) is 13.4. The van der Waals surface area contributed by atoms with Gasteiger partial charge in [-0.15, -0.1) is 15.7 Å². The van der Waals surface area contributed by atoms with Crippen molar-refractivity contribution >= 4 is 27.2 Å². The molecule has 1 aromatic carbocycles. The average molecular weight is 477 g/mol. The predicted molar refractivity (Wildman–Crippen MR) is 128 cm³/mol. The molecule has 0 spiro atoms. The highest BCUT2D eigenvalue weighted by Crippen LogP contribution is 2.33. The molecule has 7 nitrogen and oxygen atoms in total. The minimum absolute atomic E-state index is 0.0691. The Bertz CT molecular complexity index is 1150. The van der Waals surface area contributed by atoms with Crippen molar-refractivity contribution in [1.29, 1.82) is 5.26 Å². The summed E-state index contributed by atoms with van der Waals surface area (Å²) in [5.74, 6) is -0.439. The van der Waals surface area contributed by atoms with E-state index in [9.17, 15) is 19.4 Å². The molecule has 0 saturated carbocycles. The zero-order chi connectivity index (χ0) is 24.4. The van der Waals surface area contributed by atoms with Crippen molar-refractivity contribution in [2.24, 2.45) is 9.50 Å². The van der Waals surface area contributed by atoms with E-state index in [1.165, 1.54) is 0 Å². The number of thiazole rings is 1. The molecule has 2 aromatic rings. The topological polar surface area (TPSA) is 129 Å². The highest BCUT2D eigenvalue weighted by Gasteiger charge is 2.26. The van der Waals surface area contributed by atoms with Crippen LogP contribution in [0.2, 0.25) is 0 Å². The number of carbonyl (C=O) groups is 1. The van der Waals surface area contributed by atoms with Crippen molar-refractivity contribution in [3.8, 4) is 6.07 Å². The van der Waals surface area contributed by atoms with Crippen LogP contribution in [0.25, 0.3) is 0 Å². The fourth-order valence-electron chi connectivity index (χ4n) is 3.38. The van der Waals surface area contributed by atoms with Crippen molar-refractivity contribution in [1.82, 2.24) is 4.98 Å². The molecular weight excluding hydrogens is 444 g/mol. The Morgan fingerprint density at radius 2 is 1.78 bits per heavy atom. The van der Waals surface area contributed by atoms with Crippen LogP contribution in [-0.2, 0) is 33.2 Å². The molecule has 0 aliphatic rings. The molecule has 1 aromatic heterocycles. The Balaban J connectivity index is 2.56. The van der Waals surface area contributed by atoms with Gasteiger partial charge in [-0.25, -0.2) is 14.3 Å². The van der Waals surface area contributed by atoms with Gasteiger partial charge < -0.3 is 5.11 Å². The lowest BCUT2D eigenvalue weighted by Gasteiger charge is -2.19. The van der Waals surface area contributed by atoms with Gasteiger partial charge in [0.05, 0.1) is 35.4 Å². The summed E-state index contributed by atoms with van der Waals surface area (Å²) in [6.07, 6.45) is -0.0691. The number of carbonyl (C=O) groups excluding carboxylic acids is 1. The van der Waals surface area contributed by atoms with Crippen LogP contribution in [0, 0.1) is 11.3 Å². The first-order valence-corrected chi connectivity index (χ1v) is 12.9. The summed E-state index contributed by atoms with van der Waals surface area (Å²) < 4.78 is 17.3. The third kappa shape index (κ3) is 5.81. The molecule has 0 aliphatic carbocycles. The quantitative estimate of drug-likeness (QED) is 0.633. The number of aromatic nitrogens is 1. The highest BCUT2D eigenvalue weighted by atomic mass is 32.2. The van der Waals surface area contributed by atoms with E-state index in [4.69, 9.17) is 5.14 Å². The number of nitrogens with two attached hydrogens (primary N) is 1. The van der Waals surface area contributed by atoms with Gasteiger partial charge in [0.1, 0.15) is 4.21 Å². The molecule has 1 amide bonds. The standard InChI is InChI=1S/C23H32N4O3S2/c1-13(2)16-8-15(11-24)9-17(14(3)4)18(16)10-20(29)27-32(25,30)21-19(12-28)26-22(31-21)23(5,6)7/h8-9,13-14,28H,10,12H2,1-7H3,(H2,25,27,29,30). The van der Waals surface area contributed by atoms with Crippen LogP contribution in [0.15, 0.2) is 20.7 Å². The Kier molecular flexibility index (Phi) is 8.00. The van der Waals surface area contributed by atoms with Gasteiger partial charge in [0.2, 0.25) is 0 Å². The van der Waals surface area contributed by atoms with E-state index < -0.39 is 22.4 Å². The maximum absolute atomic E-state index is 13.3. The zero-order valence-electron chi connectivity index (χ0n) is 19.7. The van der Waals surface area contributed by atoms with E-state index in [1.807, 2.05) is 48.5 Å². The Labute approximate surface area is 195 Å². The van der Waals surface area contributed by atoms with E-state index in [2.05, 4.69) is 15.4 Å². The SMILES string of the molecule is CC(C)c1cc(C#N)cc(C(C)C)c1CC(=O)N=S(N)(=O)c1sc(C(C)(C)C)nc1CO. The molecule has 0 saturated heterocycles. The molecule has 0 radical (unpaired) electrons. The zero-order valence-corrected chi connectivity index (χ0v) is 21.4. The summed E-state index contributed by atoms with van der Waals surface area (Å²) in [5.41, 5.74) is 2.98. The molecular formula is C23H32N4O3S2. The second-order valence-electron chi connectivity index (χ2n) is 9.45. The van der Waals surface area contributed by atoms with Crippen LogP contribution >= 0.6 is 11.3 Å². The van der Waals surface area contributed by atoms with Crippen molar-refractivity contribution < 1.29 is 14.1 Å². The molecule has 0 bridgehead atoms. The normalized spacial score (nSPS) is 13.8. The van der Waals surface area contributed by atoms with Crippen LogP contribution in [0.4, 0.5) is 0 Å². The van der Waals surface area contributed by atoms with E-state index in [1.54, 1.807) is 12.1 Å². The van der Waals surface area contributed by atoms with E-state index >= 15 is 0 Å². The van der Waals surface area contributed by atoms with E-state index in [-0.39, 0.29) is 33.6 Å². The first-order valence-electron chi connectivity index (χ1n) is 10.5. The number of hydrogen-bond donors (Lipinski definition) is 2. The molecule has 1 unspecified atom stereocenters. The molecule has 32 heavy (non-hydrogen) atoms. The number of nitriles is 1. The summed E-state index contributed by atoms with van der Waals surface area (Å²) in [4.78, 5) is 17.3. The number of hydrogen-bond acceptors (Lipinski definition) is 6. The van der Waals surface area contributed by atoms with Gasteiger partial charge in [0.15, 0.2) is 9.92 Å². The third-order valence-corrected chi connectivity index (χ3v) is 8.50. The van der Waals surface area contributed by atoms with Gasteiger partial charge in [0, 0.05) is 5.41 Å². The van der Waals surface area contributed by atoms with Crippen LogP contribution in [0.5, 0.6) is 0 Å².